The van der Waals surface area contributed by atoms with E-state index in [1.807, 2.05) is 0 Å². The largest absolute Gasteiger partial charge is 0.478 e. The van der Waals surface area contributed by atoms with E-state index in [1.54, 1.807) is 6.92 Å². The molecule has 4 rings (SSSR count). The normalized spacial score (nSPS) is 12.4. The smallest absolute Gasteiger partial charge is 0.337 e. The molecule has 0 bridgehead atoms. The molecule has 0 radical (unpaired) electrons. The third kappa shape index (κ3) is 4.27. The number of aromatic carboxylic acids is 1. The van der Waals surface area contributed by atoms with Gasteiger partial charge in [-0.25, -0.2) is 23.5 Å². The molecule has 0 aliphatic heterocycles. The quantitative estimate of drug-likeness (QED) is 0.434. The molecule has 10 heteroatoms. The fraction of sp³-hybridized carbons (Fsp3) is 0.130. The average molecular weight is 472 g/mol. The molecule has 1 atom stereocenters. The lowest BCUT2D eigenvalue weighted by Crippen LogP contribution is -2.22. The molecule has 2 heterocycles. The van der Waals surface area contributed by atoms with Gasteiger partial charge in [0.25, 0.3) is 5.56 Å². The first-order chi connectivity index (χ1) is 16.2. The number of aromatic nitrogens is 3. The van der Waals surface area contributed by atoms with Gasteiger partial charge in [-0.2, -0.15) is 0 Å². The number of benzene rings is 2. The Bertz CT molecular complexity index is 1480. The lowest BCUT2D eigenvalue weighted by molar-refractivity contribution is 0.0698. The first-order valence-electron chi connectivity index (χ1n) is 10.3. The van der Waals surface area contributed by atoms with Gasteiger partial charge in [-0.3, -0.25) is 9.36 Å². The summed E-state index contributed by atoms with van der Waals surface area (Å²) in [4.78, 5) is 33.2. The zero-order chi connectivity index (χ0) is 24.6. The van der Waals surface area contributed by atoms with Crippen LogP contribution >= 0.6 is 11.6 Å². The van der Waals surface area contributed by atoms with E-state index < -0.39 is 36.2 Å². The lowest BCUT2D eigenvalue weighted by atomic mass is 10.0. The van der Waals surface area contributed by atoms with Gasteiger partial charge in [-0.05, 0) is 49.4 Å². The van der Waals surface area contributed by atoms with Crippen LogP contribution in [0, 0.1) is 11.6 Å². The molecule has 33 heavy (non-hydrogen) atoms. The fourth-order valence-electron chi connectivity index (χ4n) is 3.48. The number of fused-ring (bicyclic) bond motifs is 1. The van der Waals surface area contributed by atoms with Crippen molar-refractivity contribution < 1.29 is 20.1 Å². The standard InChI is InChI=1S/C23H17ClF2N4O3/c1-11(28-18-5-3-12(24)7-16(18)23(32)33)15-8-14(26)9-17-20(15)29-21(30(2)22(17)31)19-6-4-13(25)10-27-19/h3-11,28H,1-2H3,(H,32,33)/i2D. The third-order valence-electron chi connectivity index (χ3n) is 5.06. The highest BCUT2D eigenvalue weighted by Gasteiger charge is 2.20. The summed E-state index contributed by atoms with van der Waals surface area (Å²) in [5, 5.41) is 12.7. The Hall–Kier alpha value is -3.85. The molecule has 0 fully saturated rings. The fourth-order valence-corrected chi connectivity index (χ4v) is 3.65. The molecule has 0 saturated heterocycles. The van der Waals surface area contributed by atoms with Gasteiger partial charge in [0.15, 0.2) is 5.82 Å². The van der Waals surface area contributed by atoms with Crippen molar-refractivity contribution >= 4 is 34.2 Å². The molecule has 0 amide bonds. The summed E-state index contributed by atoms with van der Waals surface area (Å²) in [5.41, 5.74) is 0.0747. The Morgan fingerprint density at radius 1 is 1.21 bits per heavy atom. The lowest BCUT2D eigenvalue weighted by Gasteiger charge is -2.20. The maximum Gasteiger partial charge on any atom is 0.337 e. The van der Waals surface area contributed by atoms with E-state index in [4.69, 9.17) is 13.0 Å². The number of rotatable bonds is 5. The van der Waals surface area contributed by atoms with E-state index in [1.165, 1.54) is 30.3 Å². The van der Waals surface area contributed by atoms with Crippen LogP contribution in [0.2, 0.25) is 5.02 Å². The Morgan fingerprint density at radius 3 is 2.67 bits per heavy atom. The number of carboxylic acids is 1. The highest BCUT2D eigenvalue weighted by Crippen LogP contribution is 2.29. The number of nitrogens with zero attached hydrogens (tertiary/aromatic N) is 3. The predicted molar refractivity (Wildman–Crippen MR) is 121 cm³/mol. The molecule has 4 aromatic rings. The Kier molecular flexibility index (Phi) is 5.47. The van der Waals surface area contributed by atoms with Crippen LogP contribution in [0.4, 0.5) is 14.5 Å². The van der Waals surface area contributed by atoms with Crippen LogP contribution < -0.4 is 10.9 Å². The minimum Gasteiger partial charge on any atom is -0.478 e. The minimum atomic E-state index is -1.21. The molecule has 1 unspecified atom stereocenters. The molecule has 0 aliphatic rings. The molecule has 7 nitrogen and oxygen atoms in total. The minimum absolute atomic E-state index is 0.0188. The predicted octanol–water partition coefficient (Wildman–Crippen LogP) is 4.80. The molecule has 2 aromatic carbocycles. The SMILES string of the molecule is [2H]Cn1c(-c2ccc(F)cn2)nc2c(C(C)Nc3ccc(Cl)cc3C(=O)O)cc(F)cc2c1=O. The second-order valence-electron chi connectivity index (χ2n) is 7.28. The van der Waals surface area contributed by atoms with Crippen molar-refractivity contribution in [3.63, 3.8) is 0 Å². The molecule has 168 valence electrons. The number of carbonyl (C=O) groups is 1. The summed E-state index contributed by atoms with van der Waals surface area (Å²) in [6.45, 7) is 1.65. The molecule has 0 aliphatic carbocycles. The van der Waals surface area contributed by atoms with Gasteiger partial charge >= 0.3 is 5.97 Å². The second kappa shape index (κ2) is 8.59. The van der Waals surface area contributed by atoms with E-state index in [2.05, 4.69) is 15.3 Å². The summed E-state index contributed by atoms with van der Waals surface area (Å²) >= 11 is 5.91. The highest BCUT2D eigenvalue weighted by molar-refractivity contribution is 6.31. The topological polar surface area (TPSA) is 97.1 Å². The summed E-state index contributed by atoms with van der Waals surface area (Å²) in [5.74, 6) is -2.47. The number of carboxylic acid groups (broad SMARTS) is 1. The number of hydrogen-bond donors (Lipinski definition) is 2. The van der Waals surface area contributed by atoms with Gasteiger partial charge < -0.3 is 10.4 Å². The van der Waals surface area contributed by atoms with E-state index in [9.17, 15) is 23.5 Å². The molecular formula is C23H17ClF2N4O3. The van der Waals surface area contributed by atoms with Crippen LogP contribution in [-0.2, 0) is 7.02 Å². The van der Waals surface area contributed by atoms with Crippen molar-refractivity contribution in [2.75, 3.05) is 5.32 Å². The molecule has 2 aromatic heterocycles. The second-order valence-corrected chi connectivity index (χ2v) is 7.72. The summed E-state index contributed by atoms with van der Waals surface area (Å²) in [6.07, 6.45) is 0.962. The van der Waals surface area contributed by atoms with Crippen LogP contribution in [0.15, 0.2) is 53.5 Å². The number of anilines is 1. The first kappa shape index (κ1) is 21.0. The summed E-state index contributed by atoms with van der Waals surface area (Å²) < 4.78 is 36.7. The van der Waals surface area contributed by atoms with Crippen LogP contribution in [0.1, 0.15) is 30.3 Å². The molecule has 2 N–H and O–H groups in total. The van der Waals surface area contributed by atoms with Gasteiger partial charge in [-0.15, -0.1) is 0 Å². The maximum atomic E-state index is 14.5. The molecule has 0 spiro atoms. The van der Waals surface area contributed by atoms with Crippen LogP contribution in [-0.4, -0.2) is 25.6 Å². The Labute approximate surface area is 192 Å². The molecular weight excluding hydrogens is 454 g/mol. The van der Waals surface area contributed by atoms with Crippen molar-refractivity contribution in [1.82, 2.24) is 14.5 Å². The van der Waals surface area contributed by atoms with Crippen molar-refractivity contribution in [3.8, 4) is 11.5 Å². The van der Waals surface area contributed by atoms with Crippen LogP contribution in [0.5, 0.6) is 0 Å². The monoisotopic (exact) mass is 471 g/mol. The first-order valence-corrected chi connectivity index (χ1v) is 10.0. The van der Waals surface area contributed by atoms with Crippen molar-refractivity contribution in [1.29, 1.82) is 0 Å². The zero-order valence-electron chi connectivity index (χ0n) is 18.1. The van der Waals surface area contributed by atoms with E-state index >= 15 is 0 Å². The average Bonchev–Trinajstić information content (AvgIpc) is 2.80. The van der Waals surface area contributed by atoms with Gasteiger partial charge in [0.05, 0.1) is 28.7 Å². The Morgan fingerprint density at radius 2 is 2.00 bits per heavy atom. The van der Waals surface area contributed by atoms with Gasteiger partial charge in [0, 0.05) is 24.7 Å². The number of nitrogens with one attached hydrogen (secondary N) is 1. The maximum absolute atomic E-state index is 14.5. The Balaban J connectivity index is 1.90. The van der Waals surface area contributed by atoms with Crippen molar-refractivity contribution in [2.24, 2.45) is 7.02 Å². The van der Waals surface area contributed by atoms with Crippen molar-refractivity contribution in [2.45, 2.75) is 13.0 Å². The number of halogens is 3. The summed E-state index contributed by atoms with van der Waals surface area (Å²) in [7, 11) is -0.511. The molecule has 0 saturated carbocycles. The van der Waals surface area contributed by atoms with E-state index in [0.29, 0.717) is 0 Å². The van der Waals surface area contributed by atoms with E-state index in [-0.39, 0.29) is 44.3 Å². The zero-order valence-corrected chi connectivity index (χ0v) is 17.9. The van der Waals surface area contributed by atoms with Crippen molar-refractivity contribution in [3.05, 3.63) is 86.8 Å². The van der Waals surface area contributed by atoms with Crippen LogP contribution in [0.25, 0.3) is 22.4 Å². The summed E-state index contributed by atoms with van der Waals surface area (Å²) in [6, 6.07) is 8.28. The van der Waals surface area contributed by atoms with Gasteiger partial charge in [0.2, 0.25) is 0 Å². The van der Waals surface area contributed by atoms with Gasteiger partial charge in [0.1, 0.15) is 17.3 Å². The van der Waals surface area contributed by atoms with Gasteiger partial charge in [-0.1, -0.05) is 11.6 Å². The third-order valence-corrected chi connectivity index (χ3v) is 5.30. The number of hydrogen-bond acceptors (Lipinski definition) is 5. The highest BCUT2D eigenvalue weighted by atomic mass is 35.5. The van der Waals surface area contributed by atoms with E-state index in [0.717, 1.165) is 22.9 Å². The van der Waals surface area contributed by atoms with Crippen LogP contribution in [0.3, 0.4) is 0 Å². The number of pyridine rings is 1.